The highest BCUT2D eigenvalue weighted by molar-refractivity contribution is 5.95. The molecule has 0 amide bonds. The number of benzene rings is 2. The van der Waals surface area contributed by atoms with Gasteiger partial charge in [0, 0.05) is 24.4 Å². The molecule has 0 aliphatic rings. The van der Waals surface area contributed by atoms with Crippen molar-refractivity contribution < 1.29 is 9.90 Å². The zero-order valence-corrected chi connectivity index (χ0v) is 20.6. The third kappa shape index (κ3) is 6.72. The second kappa shape index (κ2) is 13.0. The first-order valence-corrected chi connectivity index (χ1v) is 12.8. The number of aromatic nitrogens is 2. The molecule has 0 spiro atoms. The molecule has 5 nitrogen and oxygen atoms in total. The Bertz CT molecular complexity index is 1110. The molecule has 2 aromatic carbocycles. The quantitative estimate of drug-likeness (QED) is 0.258. The summed E-state index contributed by atoms with van der Waals surface area (Å²) in [6.07, 6.45) is 10.8. The average molecular weight is 463 g/mol. The van der Waals surface area contributed by atoms with Crippen molar-refractivity contribution in [2.45, 2.75) is 84.6 Å². The highest BCUT2D eigenvalue weighted by Gasteiger charge is 2.15. The largest absolute Gasteiger partial charge is 0.478 e. The Morgan fingerprint density at radius 1 is 0.882 bits per heavy atom. The summed E-state index contributed by atoms with van der Waals surface area (Å²) in [5.41, 5.74) is 5.18. The van der Waals surface area contributed by atoms with Gasteiger partial charge < -0.3 is 10.1 Å². The fraction of sp³-hybridized carbons (Fsp3) is 0.448. The summed E-state index contributed by atoms with van der Waals surface area (Å²) in [5.74, 6) is -0.924. The number of unbranched alkanes of at least 4 members (excludes halogenated alkanes) is 6. The second-order valence-electron chi connectivity index (χ2n) is 9.10. The standard InChI is InChI=1S/C29H38N2O3/c1-3-5-7-9-15-26-27(31(29(34)30-26)20-12-8-6-4-2)21-22-16-18-23(19-17-22)24-13-10-11-14-25(24)28(32)33/h10-11,13-14,16-19H,3-9,12,15,20-21H2,1-2H3,(H,30,34)(H,32,33). The predicted octanol–water partition coefficient (Wildman–Crippen LogP) is 6.84. The molecule has 2 N–H and O–H groups in total. The van der Waals surface area contributed by atoms with E-state index in [0.717, 1.165) is 54.7 Å². The van der Waals surface area contributed by atoms with Gasteiger partial charge in [-0.3, -0.25) is 4.57 Å². The lowest BCUT2D eigenvalue weighted by Crippen LogP contribution is -2.19. The Morgan fingerprint density at radius 2 is 1.56 bits per heavy atom. The van der Waals surface area contributed by atoms with Crippen molar-refractivity contribution in [2.75, 3.05) is 0 Å². The number of nitrogens with zero attached hydrogens (tertiary/aromatic N) is 1. The summed E-state index contributed by atoms with van der Waals surface area (Å²) in [7, 11) is 0. The molecule has 0 saturated carbocycles. The molecule has 0 atom stereocenters. The first kappa shape index (κ1) is 25.5. The number of carboxylic acid groups (broad SMARTS) is 1. The minimum atomic E-state index is -0.924. The van der Waals surface area contributed by atoms with Crippen LogP contribution in [0.1, 0.15) is 92.5 Å². The van der Waals surface area contributed by atoms with Gasteiger partial charge in [-0.15, -0.1) is 0 Å². The average Bonchev–Trinajstić information content (AvgIpc) is 3.14. The van der Waals surface area contributed by atoms with Gasteiger partial charge >= 0.3 is 11.7 Å². The third-order valence-electron chi connectivity index (χ3n) is 6.49. The van der Waals surface area contributed by atoms with E-state index in [4.69, 9.17) is 0 Å². The van der Waals surface area contributed by atoms with Crippen LogP contribution in [-0.2, 0) is 19.4 Å². The maximum Gasteiger partial charge on any atom is 0.336 e. The Kier molecular flexibility index (Phi) is 9.75. The molecule has 0 fully saturated rings. The maximum absolute atomic E-state index is 12.8. The number of imidazole rings is 1. The van der Waals surface area contributed by atoms with Crippen LogP contribution in [0, 0.1) is 0 Å². The molecule has 0 bridgehead atoms. The van der Waals surface area contributed by atoms with Gasteiger partial charge in [-0.25, -0.2) is 9.59 Å². The van der Waals surface area contributed by atoms with Crippen LogP contribution in [-0.4, -0.2) is 20.6 Å². The number of carboxylic acids is 1. The normalized spacial score (nSPS) is 11.1. The number of aromatic amines is 1. The van der Waals surface area contributed by atoms with Gasteiger partial charge in [0.15, 0.2) is 0 Å². The van der Waals surface area contributed by atoms with Crippen LogP contribution in [0.3, 0.4) is 0 Å². The molecule has 3 rings (SSSR count). The Balaban J connectivity index is 1.83. The zero-order valence-electron chi connectivity index (χ0n) is 20.6. The van der Waals surface area contributed by atoms with Crippen molar-refractivity contribution in [3.05, 3.63) is 81.5 Å². The van der Waals surface area contributed by atoms with Crippen LogP contribution in [0.2, 0.25) is 0 Å². The summed E-state index contributed by atoms with van der Waals surface area (Å²) < 4.78 is 1.94. The number of aryl methyl sites for hydroxylation is 1. The minimum absolute atomic E-state index is 0.00370. The molecule has 1 heterocycles. The summed E-state index contributed by atoms with van der Waals surface area (Å²) in [5, 5.41) is 9.51. The van der Waals surface area contributed by atoms with E-state index in [9.17, 15) is 14.7 Å². The lowest BCUT2D eigenvalue weighted by molar-refractivity contribution is 0.0697. The van der Waals surface area contributed by atoms with Gasteiger partial charge in [0.1, 0.15) is 0 Å². The summed E-state index contributed by atoms with van der Waals surface area (Å²) in [4.78, 5) is 27.5. The van der Waals surface area contributed by atoms with Gasteiger partial charge in [-0.05, 0) is 42.0 Å². The molecule has 0 unspecified atom stereocenters. The van der Waals surface area contributed by atoms with Crippen molar-refractivity contribution >= 4 is 5.97 Å². The van der Waals surface area contributed by atoms with E-state index in [0.29, 0.717) is 17.5 Å². The molecule has 3 aromatic rings. The number of rotatable bonds is 14. The Morgan fingerprint density at radius 3 is 2.24 bits per heavy atom. The van der Waals surface area contributed by atoms with Crippen LogP contribution in [0.25, 0.3) is 11.1 Å². The van der Waals surface area contributed by atoms with Gasteiger partial charge in [0.25, 0.3) is 0 Å². The van der Waals surface area contributed by atoms with Crippen LogP contribution >= 0.6 is 0 Å². The second-order valence-corrected chi connectivity index (χ2v) is 9.10. The van der Waals surface area contributed by atoms with Crippen molar-refractivity contribution in [1.29, 1.82) is 0 Å². The number of hydrogen-bond acceptors (Lipinski definition) is 2. The van der Waals surface area contributed by atoms with Crippen LogP contribution in [0.5, 0.6) is 0 Å². The number of carbonyl (C=O) groups is 1. The van der Waals surface area contributed by atoms with Gasteiger partial charge in [-0.1, -0.05) is 94.8 Å². The third-order valence-corrected chi connectivity index (χ3v) is 6.49. The highest BCUT2D eigenvalue weighted by Crippen LogP contribution is 2.25. The van der Waals surface area contributed by atoms with Crippen LogP contribution in [0.15, 0.2) is 53.3 Å². The van der Waals surface area contributed by atoms with E-state index >= 15 is 0 Å². The molecule has 34 heavy (non-hydrogen) atoms. The van der Waals surface area contributed by atoms with E-state index < -0.39 is 5.97 Å². The fourth-order valence-electron chi connectivity index (χ4n) is 4.54. The fourth-order valence-corrected chi connectivity index (χ4v) is 4.54. The first-order valence-electron chi connectivity index (χ1n) is 12.8. The number of H-pyrrole nitrogens is 1. The van der Waals surface area contributed by atoms with Gasteiger partial charge in [0.05, 0.1) is 5.56 Å². The van der Waals surface area contributed by atoms with Crippen molar-refractivity contribution in [3.63, 3.8) is 0 Å². The molecule has 0 radical (unpaired) electrons. The van der Waals surface area contributed by atoms with Crippen molar-refractivity contribution in [2.24, 2.45) is 0 Å². The number of hydrogen-bond donors (Lipinski definition) is 2. The van der Waals surface area contributed by atoms with Crippen molar-refractivity contribution in [1.82, 2.24) is 9.55 Å². The monoisotopic (exact) mass is 462 g/mol. The summed E-state index contributed by atoms with van der Waals surface area (Å²) in [6, 6.07) is 15.1. The van der Waals surface area contributed by atoms with Gasteiger partial charge in [0.2, 0.25) is 0 Å². The predicted molar refractivity (Wildman–Crippen MR) is 139 cm³/mol. The zero-order chi connectivity index (χ0) is 24.3. The lowest BCUT2D eigenvalue weighted by atomic mass is 9.97. The molecule has 0 aliphatic heterocycles. The number of nitrogens with one attached hydrogen (secondary N) is 1. The van der Waals surface area contributed by atoms with E-state index in [2.05, 4.69) is 18.8 Å². The molecule has 0 aliphatic carbocycles. The highest BCUT2D eigenvalue weighted by atomic mass is 16.4. The summed E-state index contributed by atoms with van der Waals surface area (Å²) >= 11 is 0. The van der Waals surface area contributed by atoms with E-state index in [1.165, 1.54) is 32.1 Å². The van der Waals surface area contributed by atoms with E-state index in [1.54, 1.807) is 12.1 Å². The smallest absolute Gasteiger partial charge is 0.336 e. The Hall–Kier alpha value is -3.08. The topological polar surface area (TPSA) is 75.1 Å². The van der Waals surface area contributed by atoms with E-state index in [-0.39, 0.29) is 5.69 Å². The maximum atomic E-state index is 12.8. The molecule has 1 aromatic heterocycles. The minimum Gasteiger partial charge on any atom is -0.478 e. The van der Waals surface area contributed by atoms with E-state index in [1.807, 2.05) is 41.0 Å². The first-order chi connectivity index (χ1) is 16.5. The van der Waals surface area contributed by atoms with Crippen molar-refractivity contribution in [3.8, 4) is 11.1 Å². The van der Waals surface area contributed by atoms with Crippen LogP contribution in [0.4, 0.5) is 0 Å². The molecule has 5 heteroatoms. The molecule has 0 saturated heterocycles. The lowest BCUT2D eigenvalue weighted by Gasteiger charge is -2.11. The van der Waals surface area contributed by atoms with Crippen LogP contribution < -0.4 is 5.69 Å². The number of aromatic carboxylic acids is 1. The Labute approximate surface area is 202 Å². The molecule has 182 valence electrons. The van der Waals surface area contributed by atoms with Gasteiger partial charge in [-0.2, -0.15) is 0 Å². The molecular formula is C29H38N2O3. The summed E-state index contributed by atoms with van der Waals surface area (Å²) in [6.45, 7) is 5.16. The SMILES string of the molecule is CCCCCCc1[nH]c(=O)n(CCCCCC)c1Cc1ccc(-c2ccccc2C(=O)O)cc1. The molecular weight excluding hydrogens is 424 g/mol.